The first-order chi connectivity index (χ1) is 13.3. The van der Waals surface area contributed by atoms with Crippen LogP contribution in [0.2, 0.25) is 0 Å². The van der Waals surface area contributed by atoms with Crippen molar-refractivity contribution in [2.24, 2.45) is 0 Å². The van der Waals surface area contributed by atoms with Crippen LogP contribution in [0.15, 0.2) is 97.6 Å². The maximum absolute atomic E-state index is 4.76. The summed E-state index contributed by atoms with van der Waals surface area (Å²) in [7, 11) is 9.53. The van der Waals surface area contributed by atoms with E-state index in [9.17, 15) is 0 Å². The van der Waals surface area contributed by atoms with Crippen molar-refractivity contribution >= 4 is 20.2 Å². The van der Waals surface area contributed by atoms with Crippen LogP contribution in [-0.2, 0) is 13.1 Å². The van der Waals surface area contributed by atoms with Crippen LogP contribution in [0.25, 0.3) is 22.8 Å². The minimum Gasteiger partial charge on any atom is -0.255 e. The molecule has 4 rings (SSSR count). The van der Waals surface area contributed by atoms with Gasteiger partial charge in [0, 0.05) is 24.8 Å². The molecular weight excluding hydrogens is 435 g/mol. The number of hydrogen-bond acceptors (Lipinski definition) is 4. The van der Waals surface area contributed by atoms with Crippen LogP contribution in [0.4, 0.5) is 0 Å². The minimum atomic E-state index is 0. The van der Waals surface area contributed by atoms with E-state index in [0.29, 0.717) is 0 Å². The van der Waals surface area contributed by atoms with Crippen molar-refractivity contribution in [2.75, 3.05) is 0 Å². The van der Waals surface area contributed by atoms with Gasteiger partial charge >= 0.3 is 33.3 Å². The molecule has 28 heavy (non-hydrogen) atoms. The number of hydrogen-bond donors (Lipinski definition) is 0. The Bertz CT molecular complexity index is 718. The first-order valence-electron chi connectivity index (χ1n) is 7.85. The molecule has 4 nitrogen and oxygen atoms in total. The van der Waals surface area contributed by atoms with Gasteiger partial charge in [-0.2, -0.15) is 0 Å². The van der Waals surface area contributed by atoms with Gasteiger partial charge in [-0.15, -0.1) is 0 Å². The summed E-state index contributed by atoms with van der Waals surface area (Å²) in [5.74, 6) is 0. The van der Waals surface area contributed by atoms with Gasteiger partial charge in [0.25, 0.3) is 0 Å². The fraction of sp³-hybridized carbons (Fsp3) is 0.0476. The molecule has 4 aromatic rings. The summed E-state index contributed by atoms with van der Waals surface area (Å²) in [6.07, 6.45) is 7.07. The molecule has 0 aliphatic carbocycles. The molecule has 4 aromatic heterocycles. The summed E-state index contributed by atoms with van der Waals surface area (Å²) in [6, 6.07) is 23.2. The zero-order chi connectivity index (χ0) is 19.2. The molecule has 0 fully saturated rings. The second kappa shape index (κ2) is 14.7. The zero-order valence-corrected chi connectivity index (χ0v) is 16.8. The molecule has 0 N–H and O–H groups in total. The Kier molecular flexibility index (Phi) is 12.5. The predicted octanol–water partition coefficient (Wildman–Crippen LogP) is 6.30. The number of nitrogens with zero attached hydrogens (tertiary/aromatic N) is 4. The Balaban J connectivity index is 0.000000239. The Morgan fingerprint density at radius 3 is 0.821 bits per heavy atom. The van der Waals surface area contributed by atoms with Crippen molar-refractivity contribution in [2.45, 2.75) is 7.43 Å². The van der Waals surface area contributed by atoms with E-state index >= 15 is 0 Å². The molecule has 146 valence electrons. The van der Waals surface area contributed by atoms with E-state index in [1.54, 1.807) is 24.8 Å². The summed E-state index contributed by atoms with van der Waals surface area (Å²) in [5, 5.41) is 0. The summed E-state index contributed by atoms with van der Waals surface area (Å²) in [4.78, 5) is 16.7. The average Bonchev–Trinajstić information content (AvgIpc) is 2.77. The SMILES string of the molecule is C.[Cl][Fe][Cl].c1ccc(-c2ccccn2)nc1.c1ccc(-c2ccccn2)nc1. The van der Waals surface area contributed by atoms with Crippen LogP contribution >= 0.6 is 20.2 Å². The predicted molar refractivity (Wildman–Crippen MR) is 113 cm³/mol. The fourth-order valence-electron chi connectivity index (χ4n) is 2.06. The molecule has 0 unspecified atom stereocenters. The number of pyridine rings is 4. The monoisotopic (exact) mass is 454 g/mol. The molecule has 0 bridgehead atoms. The van der Waals surface area contributed by atoms with Gasteiger partial charge in [-0.3, -0.25) is 19.9 Å². The molecule has 7 heteroatoms. The molecular formula is C21H20Cl2FeN4. The van der Waals surface area contributed by atoms with Crippen molar-refractivity contribution in [3.63, 3.8) is 0 Å². The van der Waals surface area contributed by atoms with Gasteiger partial charge in [0.05, 0.1) is 22.8 Å². The van der Waals surface area contributed by atoms with E-state index < -0.39 is 0 Å². The number of aromatic nitrogens is 4. The second-order valence-electron chi connectivity index (χ2n) is 4.91. The third-order valence-corrected chi connectivity index (χ3v) is 3.18. The van der Waals surface area contributed by atoms with Crippen LogP contribution < -0.4 is 0 Å². The summed E-state index contributed by atoms with van der Waals surface area (Å²) in [5.41, 5.74) is 3.66. The van der Waals surface area contributed by atoms with E-state index in [-0.39, 0.29) is 20.6 Å². The van der Waals surface area contributed by atoms with Crippen molar-refractivity contribution in [1.29, 1.82) is 0 Å². The third kappa shape index (κ3) is 8.59. The van der Waals surface area contributed by atoms with Crippen LogP contribution in [0.3, 0.4) is 0 Å². The van der Waals surface area contributed by atoms with E-state index in [1.807, 2.05) is 72.8 Å². The molecule has 0 saturated heterocycles. The fourth-order valence-corrected chi connectivity index (χ4v) is 2.06. The number of halogens is 2. The molecule has 0 aliphatic rings. The molecule has 0 amide bonds. The van der Waals surface area contributed by atoms with Crippen LogP contribution in [0, 0.1) is 0 Å². The maximum atomic E-state index is 4.76. The van der Waals surface area contributed by atoms with Gasteiger partial charge in [0.15, 0.2) is 0 Å². The van der Waals surface area contributed by atoms with E-state index in [1.165, 1.54) is 0 Å². The molecule has 0 aliphatic heterocycles. The first-order valence-corrected chi connectivity index (χ1v) is 10.9. The topological polar surface area (TPSA) is 51.6 Å². The molecule has 0 saturated carbocycles. The molecule has 0 spiro atoms. The van der Waals surface area contributed by atoms with Crippen LogP contribution in [-0.4, -0.2) is 19.9 Å². The second-order valence-corrected chi connectivity index (χ2v) is 6.73. The Morgan fingerprint density at radius 1 is 0.464 bits per heavy atom. The molecule has 0 atom stereocenters. The summed E-state index contributed by atoms with van der Waals surface area (Å²) < 4.78 is 0. The smallest absolute Gasteiger partial charge is 0.0886 e. The van der Waals surface area contributed by atoms with Gasteiger partial charge in [-0.25, -0.2) is 0 Å². The molecule has 0 aromatic carbocycles. The van der Waals surface area contributed by atoms with Gasteiger partial charge in [-0.1, -0.05) is 31.7 Å². The number of rotatable bonds is 2. The first kappa shape index (κ1) is 23.7. The summed E-state index contributed by atoms with van der Waals surface area (Å²) >= 11 is 0.194. The summed E-state index contributed by atoms with van der Waals surface area (Å²) in [6.45, 7) is 0. The van der Waals surface area contributed by atoms with Gasteiger partial charge < -0.3 is 0 Å². The average molecular weight is 455 g/mol. The van der Waals surface area contributed by atoms with Crippen LogP contribution in [0.1, 0.15) is 7.43 Å². The largest absolute Gasteiger partial charge is 0.255 e. The van der Waals surface area contributed by atoms with Gasteiger partial charge in [0.2, 0.25) is 0 Å². The standard InChI is InChI=1S/2C10H8N2.CH4.2ClH.Fe/c2*1-3-7-11-9(5-1)10-6-2-4-8-12-10;;;;/h2*1-8H;1H4;2*1H;/q;;;;;+2/p-2. The normalized spacial score (nSPS) is 9.07. The van der Waals surface area contributed by atoms with Crippen molar-refractivity contribution in [1.82, 2.24) is 19.9 Å². The zero-order valence-electron chi connectivity index (χ0n) is 14.1. The Morgan fingerprint density at radius 2 is 0.679 bits per heavy atom. The van der Waals surface area contributed by atoms with Gasteiger partial charge in [-0.05, 0) is 48.5 Å². The minimum absolute atomic E-state index is 0. The Labute approximate surface area is 180 Å². The maximum Gasteiger partial charge on any atom is 0.0886 e. The van der Waals surface area contributed by atoms with E-state index in [2.05, 4.69) is 19.9 Å². The quantitative estimate of drug-likeness (QED) is 0.333. The Hall–Kier alpha value is -2.30. The van der Waals surface area contributed by atoms with E-state index in [4.69, 9.17) is 20.2 Å². The third-order valence-electron chi connectivity index (χ3n) is 3.18. The van der Waals surface area contributed by atoms with Gasteiger partial charge in [0.1, 0.15) is 0 Å². The van der Waals surface area contributed by atoms with Crippen LogP contribution in [0.5, 0.6) is 0 Å². The van der Waals surface area contributed by atoms with E-state index in [0.717, 1.165) is 22.8 Å². The van der Waals surface area contributed by atoms with Crippen molar-refractivity contribution in [3.05, 3.63) is 97.6 Å². The molecule has 4 heterocycles. The molecule has 0 radical (unpaired) electrons. The van der Waals surface area contributed by atoms with Crippen molar-refractivity contribution < 1.29 is 13.1 Å². The van der Waals surface area contributed by atoms with Crippen molar-refractivity contribution in [3.8, 4) is 22.8 Å².